The first-order valence-electron chi connectivity index (χ1n) is 7.43. The van der Waals surface area contributed by atoms with Gasteiger partial charge in [0.15, 0.2) is 11.5 Å². The third-order valence-electron chi connectivity index (χ3n) is 3.84. The molecule has 1 aromatic heterocycles. The van der Waals surface area contributed by atoms with Crippen LogP contribution in [0.3, 0.4) is 0 Å². The smallest absolute Gasteiger partial charge is 0.161 e. The Morgan fingerprint density at radius 1 is 1.19 bits per heavy atom. The van der Waals surface area contributed by atoms with Gasteiger partial charge in [-0.3, -0.25) is 0 Å². The molecule has 0 radical (unpaired) electrons. The molecule has 1 aromatic carbocycles. The Bertz CT molecular complexity index is 596. The summed E-state index contributed by atoms with van der Waals surface area (Å²) >= 11 is 1.89. The number of nitrogens with one attached hydrogen (secondary N) is 1. The minimum absolute atomic E-state index is 0.0390. The van der Waals surface area contributed by atoms with Crippen LogP contribution in [0.5, 0.6) is 11.5 Å². The fraction of sp³-hybridized carbons (Fsp3) is 0.412. The monoisotopic (exact) mass is 303 g/mol. The maximum Gasteiger partial charge on any atom is 0.161 e. The van der Waals surface area contributed by atoms with Gasteiger partial charge in [0.2, 0.25) is 0 Å². The van der Waals surface area contributed by atoms with Crippen molar-refractivity contribution >= 4 is 11.3 Å². The lowest BCUT2D eigenvalue weighted by Crippen LogP contribution is -2.47. The summed E-state index contributed by atoms with van der Waals surface area (Å²) in [6.07, 6.45) is 2.11. The van der Waals surface area contributed by atoms with E-state index in [1.54, 1.807) is 0 Å². The van der Waals surface area contributed by atoms with E-state index in [2.05, 4.69) is 24.4 Å². The number of likely N-dealkylation sites (N-methyl/N-ethyl adjacent to an activating group) is 1. The van der Waals surface area contributed by atoms with Crippen LogP contribution in [0.1, 0.15) is 16.7 Å². The highest BCUT2D eigenvalue weighted by Gasteiger charge is 2.28. The summed E-state index contributed by atoms with van der Waals surface area (Å²) in [6, 6.07) is 12.6. The molecule has 2 unspecified atom stereocenters. The number of rotatable bonds is 5. The zero-order valence-corrected chi connectivity index (χ0v) is 13.3. The summed E-state index contributed by atoms with van der Waals surface area (Å²) in [5.74, 6) is 1.68. The number of aryl methyl sites for hydroxylation is 1. The van der Waals surface area contributed by atoms with Gasteiger partial charge >= 0.3 is 0 Å². The van der Waals surface area contributed by atoms with Gasteiger partial charge in [0.25, 0.3) is 0 Å². The van der Waals surface area contributed by atoms with Gasteiger partial charge in [0.05, 0.1) is 6.04 Å². The van der Waals surface area contributed by atoms with Gasteiger partial charge in [-0.2, -0.15) is 0 Å². The molecule has 1 N–H and O–H groups in total. The largest absolute Gasteiger partial charge is 0.486 e. The fourth-order valence-corrected chi connectivity index (χ4v) is 3.61. The number of benzene rings is 1. The molecule has 2 heterocycles. The van der Waals surface area contributed by atoms with Crippen LogP contribution in [0.2, 0.25) is 0 Å². The van der Waals surface area contributed by atoms with Crippen LogP contribution in [-0.4, -0.2) is 25.8 Å². The number of para-hydroxylation sites is 2. The molecule has 0 saturated carbocycles. The maximum absolute atomic E-state index is 6.11. The van der Waals surface area contributed by atoms with Gasteiger partial charge in [-0.15, -0.1) is 11.3 Å². The van der Waals surface area contributed by atoms with E-state index in [0.717, 1.165) is 24.3 Å². The van der Waals surface area contributed by atoms with E-state index < -0.39 is 0 Å². The lowest BCUT2D eigenvalue weighted by Gasteiger charge is -2.32. The van der Waals surface area contributed by atoms with E-state index in [0.29, 0.717) is 6.61 Å². The molecular formula is C17H21NO2S. The van der Waals surface area contributed by atoms with Crippen molar-refractivity contribution in [1.82, 2.24) is 5.32 Å². The second-order valence-corrected chi connectivity index (χ2v) is 6.49. The first-order valence-corrected chi connectivity index (χ1v) is 8.25. The average Bonchev–Trinajstić information content (AvgIpc) is 3.00. The highest BCUT2D eigenvalue weighted by Crippen LogP contribution is 2.32. The Morgan fingerprint density at radius 2 is 1.95 bits per heavy atom. The van der Waals surface area contributed by atoms with E-state index in [9.17, 15) is 0 Å². The van der Waals surface area contributed by atoms with Crippen LogP contribution in [0.25, 0.3) is 0 Å². The molecule has 0 amide bonds. The van der Waals surface area contributed by atoms with Gasteiger partial charge < -0.3 is 14.8 Å². The number of hydrogen-bond donors (Lipinski definition) is 1. The second kappa shape index (κ2) is 6.50. The Hall–Kier alpha value is -1.52. The van der Waals surface area contributed by atoms with Crippen molar-refractivity contribution in [1.29, 1.82) is 0 Å². The van der Waals surface area contributed by atoms with Crippen molar-refractivity contribution in [2.24, 2.45) is 0 Å². The minimum Gasteiger partial charge on any atom is -0.486 e. The number of hydrogen-bond acceptors (Lipinski definition) is 4. The van der Waals surface area contributed by atoms with Gasteiger partial charge in [0, 0.05) is 16.2 Å². The van der Waals surface area contributed by atoms with Crippen molar-refractivity contribution in [2.75, 3.05) is 13.7 Å². The number of fused-ring (bicyclic) bond motifs is 1. The van der Waals surface area contributed by atoms with Crippen molar-refractivity contribution < 1.29 is 9.47 Å². The number of ether oxygens (including phenoxy) is 2. The van der Waals surface area contributed by atoms with E-state index in [1.807, 2.05) is 42.6 Å². The number of thiophene rings is 1. The van der Waals surface area contributed by atoms with E-state index in [-0.39, 0.29) is 12.1 Å². The van der Waals surface area contributed by atoms with Crippen molar-refractivity contribution in [3.63, 3.8) is 0 Å². The Labute approximate surface area is 129 Å². The molecular weight excluding hydrogens is 282 g/mol. The highest BCUT2D eigenvalue weighted by molar-refractivity contribution is 7.11. The van der Waals surface area contributed by atoms with E-state index in [1.165, 1.54) is 9.75 Å². The molecule has 0 saturated heterocycles. The molecule has 4 heteroatoms. The molecule has 0 bridgehead atoms. The Kier molecular flexibility index (Phi) is 4.46. The summed E-state index contributed by atoms with van der Waals surface area (Å²) in [7, 11) is 1.99. The van der Waals surface area contributed by atoms with Crippen LogP contribution in [0.4, 0.5) is 0 Å². The SMILES string of the molecule is CCc1ccc(CC(NC)C2COc3ccccc3O2)s1. The zero-order valence-electron chi connectivity index (χ0n) is 12.5. The summed E-state index contributed by atoms with van der Waals surface area (Å²) < 4.78 is 11.9. The molecule has 112 valence electrons. The van der Waals surface area contributed by atoms with Crippen LogP contribution in [0, 0.1) is 0 Å². The first-order chi connectivity index (χ1) is 10.3. The van der Waals surface area contributed by atoms with Crippen molar-refractivity contribution in [3.05, 3.63) is 46.2 Å². The van der Waals surface area contributed by atoms with Gasteiger partial charge in [-0.05, 0) is 37.7 Å². The predicted molar refractivity (Wildman–Crippen MR) is 86.6 cm³/mol. The highest BCUT2D eigenvalue weighted by atomic mass is 32.1. The van der Waals surface area contributed by atoms with E-state index in [4.69, 9.17) is 9.47 Å². The third kappa shape index (κ3) is 3.22. The van der Waals surface area contributed by atoms with E-state index >= 15 is 0 Å². The predicted octanol–water partition coefficient (Wildman–Crippen LogP) is 3.28. The standard InChI is InChI=1S/C17H21NO2S/c1-3-12-8-9-13(21-12)10-14(18-2)17-11-19-15-6-4-5-7-16(15)20-17/h4-9,14,17-18H,3,10-11H2,1-2H3. The zero-order chi connectivity index (χ0) is 14.7. The van der Waals surface area contributed by atoms with Crippen LogP contribution in [0.15, 0.2) is 36.4 Å². The lowest BCUT2D eigenvalue weighted by atomic mass is 10.1. The molecule has 0 fully saturated rings. The Balaban J connectivity index is 1.69. The average molecular weight is 303 g/mol. The summed E-state index contributed by atoms with van der Waals surface area (Å²) in [4.78, 5) is 2.83. The summed E-state index contributed by atoms with van der Waals surface area (Å²) in [5, 5.41) is 3.38. The van der Waals surface area contributed by atoms with Gasteiger partial charge in [-0.25, -0.2) is 0 Å². The molecule has 3 rings (SSSR count). The molecule has 3 nitrogen and oxygen atoms in total. The topological polar surface area (TPSA) is 30.5 Å². The van der Waals surface area contributed by atoms with Gasteiger partial charge in [0.1, 0.15) is 12.7 Å². The summed E-state index contributed by atoms with van der Waals surface area (Å²) in [6.45, 7) is 2.79. The quantitative estimate of drug-likeness (QED) is 0.919. The molecule has 21 heavy (non-hydrogen) atoms. The molecule has 1 aliphatic heterocycles. The minimum atomic E-state index is 0.0390. The third-order valence-corrected chi connectivity index (χ3v) is 5.09. The molecule has 2 atom stereocenters. The Morgan fingerprint density at radius 3 is 2.67 bits per heavy atom. The lowest BCUT2D eigenvalue weighted by molar-refractivity contribution is 0.0643. The van der Waals surface area contributed by atoms with Crippen molar-refractivity contribution in [2.45, 2.75) is 31.9 Å². The summed E-state index contributed by atoms with van der Waals surface area (Å²) in [5.41, 5.74) is 0. The molecule has 2 aromatic rings. The van der Waals surface area contributed by atoms with Crippen LogP contribution >= 0.6 is 11.3 Å². The van der Waals surface area contributed by atoms with Crippen molar-refractivity contribution in [3.8, 4) is 11.5 Å². The normalized spacial score (nSPS) is 18.5. The van der Waals surface area contributed by atoms with Crippen LogP contribution in [-0.2, 0) is 12.8 Å². The maximum atomic E-state index is 6.11. The second-order valence-electron chi connectivity index (χ2n) is 5.23. The fourth-order valence-electron chi connectivity index (χ4n) is 2.59. The van der Waals surface area contributed by atoms with Gasteiger partial charge in [-0.1, -0.05) is 19.1 Å². The molecule has 0 spiro atoms. The molecule has 0 aliphatic carbocycles. The van der Waals surface area contributed by atoms with Crippen LogP contribution < -0.4 is 14.8 Å². The first kappa shape index (κ1) is 14.4. The molecule has 1 aliphatic rings.